The molecule has 84 valence electrons. The maximum atomic E-state index is 5.61. The molecule has 1 atom stereocenters. The average Bonchev–Trinajstić information content (AvgIpc) is 2.22. The molecule has 1 unspecified atom stereocenters. The largest absolute Gasteiger partial charge is 0.494 e. The number of aryl methyl sites for hydroxylation is 1. The normalized spacial score (nSPS) is 12.5. The molecule has 0 aliphatic carbocycles. The first-order valence-electron chi connectivity index (χ1n) is 5.50. The van der Waals surface area contributed by atoms with E-state index < -0.39 is 0 Å². The third-order valence-corrected chi connectivity index (χ3v) is 3.02. The summed E-state index contributed by atoms with van der Waals surface area (Å²) in [5.41, 5.74) is 2.60. The van der Waals surface area contributed by atoms with E-state index in [0.717, 1.165) is 24.5 Å². The van der Waals surface area contributed by atoms with Crippen molar-refractivity contribution in [2.45, 2.75) is 27.2 Å². The molecule has 0 amide bonds. The van der Waals surface area contributed by atoms with Gasteiger partial charge >= 0.3 is 0 Å². The molecule has 1 nitrogen and oxygen atoms in total. The molecule has 15 heavy (non-hydrogen) atoms. The Morgan fingerprint density at radius 2 is 2.13 bits per heavy atom. The summed E-state index contributed by atoms with van der Waals surface area (Å²) in [7, 11) is 0. The molecule has 0 spiro atoms. The number of ether oxygens (including phenoxy) is 1. The Kier molecular flexibility index (Phi) is 5.03. The van der Waals surface area contributed by atoms with Crippen molar-refractivity contribution in [1.82, 2.24) is 0 Å². The highest BCUT2D eigenvalue weighted by Gasteiger charge is 2.07. The van der Waals surface area contributed by atoms with Gasteiger partial charge in [-0.3, -0.25) is 0 Å². The Bertz CT molecular complexity index is 309. The van der Waals surface area contributed by atoms with E-state index in [2.05, 4.69) is 44.7 Å². The van der Waals surface area contributed by atoms with E-state index in [9.17, 15) is 0 Å². The molecular weight excluding hydrogens is 204 g/mol. The minimum Gasteiger partial charge on any atom is -0.494 e. The monoisotopic (exact) mass is 224 g/mol. The second kappa shape index (κ2) is 6.06. The molecule has 2 heteroatoms. The SMILES string of the molecule is CCOc1ccc(C)cc1CC(C)CS. The first-order valence-corrected chi connectivity index (χ1v) is 6.13. The molecule has 0 aliphatic rings. The second-order valence-electron chi connectivity index (χ2n) is 4.04. The van der Waals surface area contributed by atoms with Crippen molar-refractivity contribution in [1.29, 1.82) is 0 Å². The van der Waals surface area contributed by atoms with Crippen molar-refractivity contribution in [2.24, 2.45) is 5.92 Å². The maximum Gasteiger partial charge on any atom is 0.122 e. The van der Waals surface area contributed by atoms with Gasteiger partial charge in [-0.2, -0.15) is 12.6 Å². The van der Waals surface area contributed by atoms with Crippen LogP contribution in [0.3, 0.4) is 0 Å². The van der Waals surface area contributed by atoms with Crippen molar-refractivity contribution in [3.8, 4) is 5.75 Å². The van der Waals surface area contributed by atoms with E-state index >= 15 is 0 Å². The zero-order valence-electron chi connectivity index (χ0n) is 9.79. The van der Waals surface area contributed by atoms with Crippen LogP contribution in [-0.2, 0) is 6.42 Å². The maximum absolute atomic E-state index is 5.61. The van der Waals surface area contributed by atoms with Crippen LogP contribution in [0.2, 0.25) is 0 Å². The molecular formula is C13H20OS. The Labute approximate surface area is 98.3 Å². The summed E-state index contributed by atoms with van der Waals surface area (Å²) in [5.74, 6) is 2.53. The highest BCUT2D eigenvalue weighted by atomic mass is 32.1. The van der Waals surface area contributed by atoms with Crippen LogP contribution in [0.5, 0.6) is 5.75 Å². The molecule has 0 bridgehead atoms. The fourth-order valence-corrected chi connectivity index (χ4v) is 1.73. The lowest BCUT2D eigenvalue weighted by atomic mass is 10.0. The van der Waals surface area contributed by atoms with Crippen LogP contribution >= 0.6 is 12.6 Å². The van der Waals surface area contributed by atoms with E-state index in [4.69, 9.17) is 4.74 Å². The first kappa shape index (κ1) is 12.4. The predicted molar refractivity (Wildman–Crippen MR) is 69.1 cm³/mol. The topological polar surface area (TPSA) is 9.23 Å². The van der Waals surface area contributed by atoms with Crippen molar-refractivity contribution in [3.63, 3.8) is 0 Å². The number of thiol groups is 1. The summed E-state index contributed by atoms with van der Waals surface area (Å²) in [6, 6.07) is 6.38. The molecule has 1 rings (SSSR count). The molecule has 0 heterocycles. The van der Waals surface area contributed by atoms with Crippen molar-refractivity contribution in [2.75, 3.05) is 12.4 Å². The van der Waals surface area contributed by atoms with Crippen LogP contribution in [-0.4, -0.2) is 12.4 Å². The van der Waals surface area contributed by atoms with Gasteiger partial charge in [0.25, 0.3) is 0 Å². The fourth-order valence-electron chi connectivity index (χ4n) is 1.60. The third kappa shape index (κ3) is 3.78. The van der Waals surface area contributed by atoms with Crippen LogP contribution in [0.1, 0.15) is 25.0 Å². The molecule has 0 aromatic heterocycles. The molecule has 0 aliphatic heterocycles. The molecule has 0 N–H and O–H groups in total. The summed E-state index contributed by atoms with van der Waals surface area (Å²) in [4.78, 5) is 0. The lowest BCUT2D eigenvalue weighted by molar-refractivity contribution is 0.335. The van der Waals surface area contributed by atoms with Gasteiger partial charge in [0.1, 0.15) is 5.75 Å². The molecule has 0 radical (unpaired) electrons. The number of hydrogen-bond acceptors (Lipinski definition) is 2. The Hall–Kier alpha value is -0.630. The van der Waals surface area contributed by atoms with E-state index in [0.29, 0.717) is 5.92 Å². The minimum atomic E-state index is 0.592. The first-order chi connectivity index (χ1) is 7.17. The van der Waals surface area contributed by atoms with Gasteiger partial charge in [-0.05, 0) is 43.6 Å². The summed E-state index contributed by atoms with van der Waals surface area (Å²) < 4.78 is 5.61. The average molecular weight is 224 g/mol. The molecule has 0 saturated carbocycles. The summed E-state index contributed by atoms with van der Waals surface area (Å²) in [6.45, 7) is 7.08. The quantitative estimate of drug-likeness (QED) is 0.753. The van der Waals surface area contributed by atoms with Gasteiger partial charge in [-0.1, -0.05) is 24.6 Å². The van der Waals surface area contributed by atoms with E-state index in [1.54, 1.807) is 0 Å². The number of benzene rings is 1. The van der Waals surface area contributed by atoms with Crippen molar-refractivity contribution in [3.05, 3.63) is 29.3 Å². The standard InChI is InChI=1S/C13H20OS/c1-4-14-13-6-5-10(2)7-12(13)8-11(3)9-15/h5-7,11,15H,4,8-9H2,1-3H3. The summed E-state index contributed by atoms with van der Waals surface area (Å²) in [6.07, 6.45) is 1.04. The van der Waals surface area contributed by atoms with Crippen LogP contribution in [0, 0.1) is 12.8 Å². The van der Waals surface area contributed by atoms with Crippen molar-refractivity contribution >= 4 is 12.6 Å². The van der Waals surface area contributed by atoms with Gasteiger partial charge in [0.15, 0.2) is 0 Å². The third-order valence-electron chi connectivity index (χ3n) is 2.40. The molecule has 1 aromatic rings. The highest BCUT2D eigenvalue weighted by molar-refractivity contribution is 7.80. The van der Waals surface area contributed by atoms with Gasteiger partial charge < -0.3 is 4.74 Å². The van der Waals surface area contributed by atoms with Crippen LogP contribution in [0.25, 0.3) is 0 Å². The zero-order valence-corrected chi connectivity index (χ0v) is 10.7. The zero-order chi connectivity index (χ0) is 11.3. The van der Waals surface area contributed by atoms with Gasteiger partial charge in [0.2, 0.25) is 0 Å². The summed E-state index contributed by atoms with van der Waals surface area (Å²) in [5, 5.41) is 0. The van der Waals surface area contributed by atoms with E-state index in [1.807, 2.05) is 6.92 Å². The predicted octanol–water partition coefficient (Wildman–Crippen LogP) is 3.50. The van der Waals surface area contributed by atoms with Gasteiger partial charge in [0, 0.05) is 0 Å². The van der Waals surface area contributed by atoms with Crippen LogP contribution in [0.4, 0.5) is 0 Å². The Balaban J connectivity index is 2.86. The van der Waals surface area contributed by atoms with Crippen LogP contribution in [0.15, 0.2) is 18.2 Å². The van der Waals surface area contributed by atoms with Gasteiger partial charge in [0.05, 0.1) is 6.61 Å². The van der Waals surface area contributed by atoms with Gasteiger partial charge in [-0.15, -0.1) is 0 Å². The van der Waals surface area contributed by atoms with Crippen LogP contribution < -0.4 is 4.74 Å². The Morgan fingerprint density at radius 3 is 2.73 bits per heavy atom. The number of rotatable bonds is 5. The minimum absolute atomic E-state index is 0.592. The van der Waals surface area contributed by atoms with Gasteiger partial charge in [-0.25, -0.2) is 0 Å². The van der Waals surface area contributed by atoms with E-state index in [1.165, 1.54) is 11.1 Å². The smallest absolute Gasteiger partial charge is 0.122 e. The lowest BCUT2D eigenvalue weighted by Crippen LogP contribution is -2.04. The highest BCUT2D eigenvalue weighted by Crippen LogP contribution is 2.23. The molecule has 1 aromatic carbocycles. The Morgan fingerprint density at radius 1 is 1.40 bits per heavy atom. The second-order valence-corrected chi connectivity index (χ2v) is 4.40. The molecule has 0 fully saturated rings. The fraction of sp³-hybridized carbons (Fsp3) is 0.538. The molecule has 0 saturated heterocycles. The number of hydrogen-bond donors (Lipinski definition) is 1. The summed E-state index contributed by atoms with van der Waals surface area (Å²) >= 11 is 4.32. The lowest BCUT2D eigenvalue weighted by Gasteiger charge is -2.14. The van der Waals surface area contributed by atoms with E-state index in [-0.39, 0.29) is 0 Å². The van der Waals surface area contributed by atoms with Crippen molar-refractivity contribution < 1.29 is 4.74 Å².